The summed E-state index contributed by atoms with van der Waals surface area (Å²) in [6, 6.07) is 12.4. The number of hydrogen-bond donors (Lipinski definition) is 2. The topological polar surface area (TPSA) is 66.4 Å². The zero-order valence-electron chi connectivity index (χ0n) is 17.3. The van der Waals surface area contributed by atoms with Crippen LogP contribution in [0.5, 0.6) is 0 Å². The maximum absolute atomic E-state index is 12.6. The number of anilines is 1. The summed E-state index contributed by atoms with van der Waals surface area (Å²) in [7, 11) is 3.46. The van der Waals surface area contributed by atoms with Crippen molar-refractivity contribution in [2.24, 2.45) is 0 Å². The van der Waals surface area contributed by atoms with Gasteiger partial charge in [0.2, 0.25) is 5.91 Å². The number of halogens is 2. The second-order valence-electron chi connectivity index (χ2n) is 7.84. The van der Waals surface area contributed by atoms with Crippen LogP contribution in [0.4, 0.5) is 10.5 Å². The fourth-order valence-electron chi connectivity index (χ4n) is 3.11. The summed E-state index contributed by atoms with van der Waals surface area (Å²) >= 11 is 12.1. The molecule has 3 aromatic rings. The number of nitrogens with zero attached hydrogens (tertiary/aromatic N) is 2. The molecule has 2 N–H and O–H groups in total. The Labute approximate surface area is 185 Å². The van der Waals surface area contributed by atoms with E-state index in [0.29, 0.717) is 15.7 Å². The Kier molecular flexibility index (Phi) is 6.29. The first-order valence-corrected chi connectivity index (χ1v) is 10.2. The van der Waals surface area contributed by atoms with Crippen molar-refractivity contribution in [2.45, 2.75) is 25.9 Å². The maximum atomic E-state index is 12.6. The van der Waals surface area contributed by atoms with Gasteiger partial charge in [-0.05, 0) is 55.8 Å². The number of carbonyl (C=O) groups is 2. The summed E-state index contributed by atoms with van der Waals surface area (Å²) in [5, 5.41) is 7.65. The summed E-state index contributed by atoms with van der Waals surface area (Å²) < 4.78 is 1.88. The van der Waals surface area contributed by atoms with Crippen LogP contribution in [0.25, 0.3) is 10.9 Å². The van der Waals surface area contributed by atoms with Crippen molar-refractivity contribution in [3.05, 3.63) is 64.3 Å². The number of aromatic nitrogens is 1. The van der Waals surface area contributed by atoms with E-state index in [-0.39, 0.29) is 18.5 Å². The number of nitrogens with one attached hydrogen (secondary N) is 2. The summed E-state index contributed by atoms with van der Waals surface area (Å²) in [6.45, 7) is 4.04. The monoisotopic (exact) mass is 446 g/mol. The number of likely N-dealkylation sites (N-methyl/N-ethyl adjacent to an activating group) is 1. The fraction of sp³-hybridized carbons (Fsp3) is 0.273. The molecule has 1 heterocycles. The quantitative estimate of drug-likeness (QED) is 0.572. The second kappa shape index (κ2) is 8.58. The molecule has 0 saturated carbocycles. The highest BCUT2D eigenvalue weighted by Crippen LogP contribution is 2.28. The summed E-state index contributed by atoms with van der Waals surface area (Å²) in [4.78, 5) is 26.1. The van der Waals surface area contributed by atoms with E-state index in [0.717, 1.165) is 16.5 Å². The molecule has 3 rings (SSSR count). The fourth-order valence-corrected chi connectivity index (χ4v) is 3.40. The minimum absolute atomic E-state index is 0.0126. The van der Waals surface area contributed by atoms with Crippen LogP contribution in [0, 0.1) is 0 Å². The number of hydrogen-bond acceptors (Lipinski definition) is 2. The van der Waals surface area contributed by atoms with E-state index in [2.05, 4.69) is 10.6 Å². The molecule has 0 aliphatic heterocycles. The van der Waals surface area contributed by atoms with Crippen molar-refractivity contribution in [3.63, 3.8) is 0 Å². The molecule has 30 heavy (non-hydrogen) atoms. The molecule has 0 atom stereocenters. The molecule has 0 radical (unpaired) electrons. The van der Waals surface area contributed by atoms with Gasteiger partial charge in [0.15, 0.2) is 0 Å². The van der Waals surface area contributed by atoms with Gasteiger partial charge in [-0.15, -0.1) is 0 Å². The van der Waals surface area contributed by atoms with Gasteiger partial charge in [-0.25, -0.2) is 4.79 Å². The lowest BCUT2D eigenvalue weighted by Crippen LogP contribution is -2.43. The third kappa shape index (κ3) is 4.89. The van der Waals surface area contributed by atoms with Gasteiger partial charge in [0.25, 0.3) is 0 Å². The Morgan fingerprint density at radius 2 is 1.77 bits per heavy atom. The maximum Gasteiger partial charge on any atom is 0.319 e. The van der Waals surface area contributed by atoms with E-state index in [1.807, 2.05) is 54.9 Å². The van der Waals surface area contributed by atoms with E-state index in [9.17, 15) is 9.59 Å². The van der Waals surface area contributed by atoms with Crippen LogP contribution in [0.2, 0.25) is 10.0 Å². The predicted molar refractivity (Wildman–Crippen MR) is 122 cm³/mol. The SMILES string of the molecule is CN(C)C(=O)Cn1ccc2cc(NC(=O)NC(C)(C)c3ccc(Cl)c(Cl)c3)ccc21. The van der Waals surface area contributed by atoms with Crippen LogP contribution in [0.15, 0.2) is 48.7 Å². The molecule has 0 unspecified atom stereocenters. The molecule has 6 nitrogen and oxygen atoms in total. The Balaban J connectivity index is 1.71. The standard InChI is InChI=1S/C22H24Cl2N4O2/c1-22(2,15-5-7-17(23)18(24)12-15)26-21(30)25-16-6-8-19-14(11-16)9-10-28(19)13-20(29)27(3)4/h5-12H,13H2,1-4H3,(H2,25,26,30). The van der Waals surface area contributed by atoms with E-state index in [1.54, 1.807) is 31.1 Å². The largest absolute Gasteiger partial charge is 0.347 e. The van der Waals surface area contributed by atoms with Crippen LogP contribution < -0.4 is 10.6 Å². The van der Waals surface area contributed by atoms with E-state index >= 15 is 0 Å². The van der Waals surface area contributed by atoms with Crippen LogP contribution >= 0.6 is 23.2 Å². The Bertz CT molecular complexity index is 1110. The third-order valence-corrected chi connectivity index (χ3v) is 5.64. The van der Waals surface area contributed by atoms with Crippen molar-refractivity contribution >= 4 is 51.7 Å². The first-order chi connectivity index (χ1) is 14.1. The van der Waals surface area contributed by atoms with E-state index < -0.39 is 5.54 Å². The first-order valence-electron chi connectivity index (χ1n) is 9.40. The first kappa shape index (κ1) is 22.0. The van der Waals surface area contributed by atoms with Gasteiger partial charge in [-0.1, -0.05) is 29.3 Å². The summed E-state index contributed by atoms with van der Waals surface area (Å²) in [5.74, 6) is 0.0126. The van der Waals surface area contributed by atoms with Gasteiger partial charge in [-0.3, -0.25) is 4.79 Å². The average molecular weight is 447 g/mol. The third-order valence-electron chi connectivity index (χ3n) is 4.90. The number of urea groups is 1. The van der Waals surface area contributed by atoms with Crippen LogP contribution in [0.3, 0.4) is 0 Å². The number of fused-ring (bicyclic) bond motifs is 1. The molecule has 0 saturated heterocycles. The highest BCUT2D eigenvalue weighted by Gasteiger charge is 2.23. The molecule has 2 aromatic carbocycles. The lowest BCUT2D eigenvalue weighted by molar-refractivity contribution is -0.129. The van der Waals surface area contributed by atoms with Gasteiger partial charge in [-0.2, -0.15) is 0 Å². The number of rotatable bonds is 5. The van der Waals surface area contributed by atoms with Crippen LogP contribution in [0.1, 0.15) is 19.4 Å². The van der Waals surface area contributed by atoms with E-state index in [4.69, 9.17) is 23.2 Å². The number of benzene rings is 2. The van der Waals surface area contributed by atoms with Crippen molar-refractivity contribution < 1.29 is 9.59 Å². The van der Waals surface area contributed by atoms with Crippen LogP contribution in [-0.2, 0) is 16.9 Å². The molecule has 3 amide bonds. The van der Waals surface area contributed by atoms with Gasteiger partial charge in [0.05, 0.1) is 15.6 Å². The molecule has 158 valence electrons. The molecule has 0 spiro atoms. The lowest BCUT2D eigenvalue weighted by Gasteiger charge is -2.27. The smallest absolute Gasteiger partial charge is 0.319 e. The van der Waals surface area contributed by atoms with Crippen molar-refractivity contribution in [1.29, 1.82) is 0 Å². The zero-order valence-corrected chi connectivity index (χ0v) is 18.8. The van der Waals surface area contributed by atoms with Gasteiger partial charge >= 0.3 is 6.03 Å². The second-order valence-corrected chi connectivity index (χ2v) is 8.65. The molecule has 8 heteroatoms. The molecular formula is C22H24Cl2N4O2. The Morgan fingerprint density at radius 1 is 1.03 bits per heavy atom. The van der Waals surface area contributed by atoms with Crippen molar-refractivity contribution in [1.82, 2.24) is 14.8 Å². The van der Waals surface area contributed by atoms with Crippen molar-refractivity contribution in [2.75, 3.05) is 19.4 Å². The molecular weight excluding hydrogens is 423 g/mol. The lowest BCUT2D eigenvalue weighted by atomic mass is 9.94. The predicted octanol–water partition coefficient (Wildman–Crippen LogP) is 5.09. The number of carbonyl (C=O) groups excluding carboxylic acids is 2. The molecule has 1 aromatic heterocycles. The molecule has 0 bridgehead atoms. The minimum atomic E-state index is -0.654. The van der Waals surface area contributed by atoms with Gasteiger partial charge < -0.3 is 20.1 Å². The van der Waals surface area contributed by atoms with Crippen molar-refractivity contribution in [3.8, 4) is 0 Å². The highest BCUT2D eigenvalue weighted by molar-refractivity contribution is 6.42. The number of amides is 3. The minimum Gasteiger partial charge on any atom is -0.347 e. The molecule has 0 fully saturated rings. The Morgan fingerprint density at radius 3 is 2.43 bits per heavy atom. The molecule has 0 aliphatic rings. The van der Waals surface area contributed by atoms with Gasteiger partial charge in [0.1, 0.15) is 6.54 Å². The van der Waals surface area contributed by atoms with Gasteiger partial charge in [0, 0.05) is 36.9 Å². The summed E-state index contributed by atoms with van der Waals surface area (Å²) in [5.41, 5.74) is 1.76. The summed E-state index contributed by atoms with van der Waals surface area (Å²) in [6.07, 6.45) is 1.86. The Hall–Kier alpha value is -2.70. The zero-order chi connectivity index (χ0) is 22.1. The normalized spacial score (nSPS) is 11.4. The highest BCUT2D eigenvalue weighted by atomic mass is 35.5. The van der Waals surface area contributed by atoms with E-state index in [1.165, 1.54) is 0 Å². The van der Waals surface area contributed by atoms with Crippen LogP contribution in [-0.4, -0.2) is 35.5 Å². The molecule has 0 aliphatic carbocycles. The average Bonchev–Trinajstić information content (AvgIpc) is 3.05.